The van der Waals surface area contributed by atoms with Crippen molar-refractivity contribution in [3.63, 3.8) is 0 Å². The number of rotatable bonds is 4. The summed E-state index contributed by atoms with van der Waals surface area (Å²) in [5, 5.41) is 6.55. The third-order valence-corrected chi connectivity index (χ3v) is 4.21. The summed E-state index contributed by atoms with van der Waals surface area (Å²) < 4.78 is 20.3. The van der Waals surface area contributed by atoms with Crippen molar-refractivity contribution in [1.82, 2.24) is 10.3 Å². The monoisotopic (exact) mass is 293 g/mol. The Morgan fingerprint density at radius 3 is 2.81 bits per heavy atom. The first-order chi connectivity index (χ1) is 9.92. The fraction of sp³-hybridized carbons (Fsp3) is 0.688. The Kier molecular flexibility index (Phi) is 3.88. The fourth-order valence-corrected chi connectivity index (χ4v) is 3.05. The average molecular weight is 293 g/mol. The van der Waals surface area contributed by atoms with Crippen molar-refractivity contribution in [1.29, 1.82) is 0 Å². The molecule has 0 aliphatic carbocycles. The Morgan fingerprint density at radius 1 is 1.38 bits per heavy atom. The maximum Gasteiger partial charge on any atom is 0.169 e. The van der Waals surface area contributed by atoms with Crippen LogP contribution in [0.15, 0.2) is 12.3 Å². The molecule has 2 bridgehead atoms. The molecule has 116 valence electrons. The van der Waals surface area contributed by atoms with E-state index in [1.54, 1.807) is 12.3 Å². The first kappa shape index (κ1) is 14.7. The van der Waals surface area contributed by atoms with Gasteiger partial charge in [-0.05, 0) is 46.1 Å². The average Bonchev–Trinajstić information content (AvgIpc) is 3.01. The summed E-state index contributed by atoms with van der Waals surface area (Å²) in [7, 11) is 0. The van der Waals surface area contributed by atoms with Crippen LogP contribution in [-0.2, 0) is 11.3 Å². The van der Waals surface area contributed by atoms with Gasteiger partial charge in [0.15, 0.2) is 11.6 Å². The SMILES string of the molecule is CC(C)(C)NCc1ccnc(NC2CC3CCC2O3)c1F. The molecular weight excluding hydrogens is 269 g/mol. The molecule has 3 unspecified atom stereocenters. The third kappa shape index (κ3) is 3.35. The van der Waals surface area contributed by atoms with Crippen LogP contribution in [0.2, 0.25) is 0 Å². The first-order valence-corrected chi connectivity index (χ1v) is 7.73. The smallest absolute Gasteiger partial charge is 0.169 e. The highest BCUT2D eigenvalue weighted by atomic mass is 19.1. The minimum Gasteiger partial charge on any atom is -0.373 e. The molecule has 4 nitrogen and oxygen atoms in total. The number of hydrogen-bond donors (Lipinski definition) is 2. The quantitative estimate of drug-likeness (QED) is 0.896. The Balaban J connectivity index is 1.68. The maximum absolute atomic E-state index is 14.5. The van der Waals surface area contributed by atoms with Crippen molar-refractivity contribution < 1.29 is 9.13 Å². The van der Waals surface area contributed by atoms with Gasteiger partial charge in [-0.15, -0.1) is 0 Å². The van der Waals surface area contributed by atoms with Gasteiger partial charge in [0.25, 0.3) is 0 Å². The zero-order valence-corrected chi connectivity index (χ0v) is 12.9. The predicted octanol–water partition coefficient (Wildman–Crippen LogP) is 2.84. The maximum atomic E-state index is 14.5. The van der Waals surface area contributed by atoms with E-state index >= 15 is 0 Å². The number of aromatic nitrogens is 1. The van der Waals surface area contributed by atoms with Crippen molar-refractivity contribution in [3.05, 3.63) is 23.6 Å². The van der Waals surface area contributed by atoms with Crippen LogP contribution in [0.4, 0.5) is 10.2 Å². The van der Waals surface area contributed by atoms with E-state index in [2.05, 4.69) is 36.4 Å². The lowest BCUT2D eigenvalue weighted by molar-refractivity contribution is 0.102. The molecular formula is C16H24FN3O. The molecule has 3 atom stereocenters. The zero-order valence-electron chi connectivity index (χ0n) is 12.9. The van der Waals surface area contributed by atoms with E-state index in [-0.39, 0.29) is 23.5 Å². The van der Waals surface area contributed by atoms with E-state index < -0.39 is 0 Å². The summed E-state index contributed by atoms with van der Waals surface area (Å²) in [6.45, 7) is 6.70. The molecule has 5 heteroatoms. The van der Waals surface area contributed by atoms with Gasteiger partial charge in [0, 0.05) is 23.8 Å². The molecule has 2 aliphatic heterocycles. The number of anilines is 1. The topological polar surface area (TPSA) is 46.2 Å². The van der Waals surface area contributed by atoms with Gasteiger partial charge in [0.2, 0.25) is 0 Å². The molecule has 0 amide bonds. The number of pyridine rings is 1. The zero-order chi connectivity index (χ0) is 15.0. The lowest BCUT2D eigenvalue weighted by Gasteiger charge is -2.23. The van der Waals surface area contributed by atoms with Gasteiger partial charge in [-0.1, -0.05) is 0 Å². The Bertz CT molecular complexity index is 515. The number of halogens is 1. The number of fused-ring (bicyclic) bond motifs is 2. The summed E-state index contributed by atoms with van der Waals surface area (Å²) in [5.74, 6) is 0.0985. The van der Waals surface area contributed by atoms with Crippen LogP contribution in [0.5, 0.6) is 0 Å². The Labute approximate surface area is 125 Å². The van der Waals surface area contributed by atoms with Crippen LogP contribution < -0.4 is 10.6 Å². The molecule has 1 aromatic rings. The van der Waals surface area contributed by atoms with E-state index in [1.807, 2.05) is 0 Å². The predicted molar refractivity (Wildman–Crippen MR) is 80.7 cm³/mol. The van der Waals surface area contributed by atoms with E-state index in [4.69, 9.17) is 4.74 Å². The summed E-state index contributed by atoms with van der Waals surface area (Å²) in [6.07, 6.45) is 5.38. The number of ether oxygens (including phenoxy) is 1. The molecule has 0 spiro atoms. The van der Waals surface area contributed by atoms with E-state index in [0.29, 0.717) is 24.0 Å². The van der Waals surface area contributed by atoms with Crippen molar-refractivity contribution >= 4 is 5.82 Å². The second-order valence-electron chi connectivity index (χ2n) is 7.10. The van der Waals surface area contributed by atoms with Crippen molar-refractivity contribution in [2.24, 2.45) is 0 Å². The molecule has 21 heavy (non-hydrogen) atoms. The van der Waals surface area contributed by atoms with E-state index in [0.717, 1.165) is 19.3 Å². The van der Waals surface area contributed by atoms with Gasteiger partial charge < -0.3 is 15.4 Å². The summed E-state index contributed by atoms with van der Waals surface area (Å²) in [5.41, 5.74) is 0.605. The highest BCUT2D eigenvalue weighted by Crippen LogP contribution is 2.36. The second-order valence-corrected chi connectivity index (χ2v) is 7.10. The summed E-state index contributed by atoms with van der Waals surface area (Å²) in [4.78, 5) is 4.16. The lowest BCUT2D eigenvalue weighted by Crippen LogP contribution is -2.35. The van der Waals surface area contributed by atoms with Crippen LogP contribution in [0.25, 0.3) is 0 Å². The van der Waals surface area contributed by atoms with Crippen LogP contribution in [-0.4, -0.2) is 28.8 Å². The van der Waals surface area contributed by atoms with Crippen LogP contribution in [0.3, 0.4) is 0 Å². The molecule has 0 aromatic carbocycles. The molecule has 1 aromatic heterocycles. The van der Waals surface area contributed by atoms with Gasteiger partial charge in [0.1, 0.15) is 0 Å². The van der Waals surface area contributed by atoms with Crippen molar-refractivity contribution in [2.45, 2.75) is 70.4 Å². The highest BCUT2D eigenvalue weighted by Gasteiger charge is 2.41. The largest absolute Gasteiger partial charge is 0.373 e. The highest BCUT2D eigenvalue weighted by molar-refractivity contribution is 5.41. The minimum atomic E-state index is -0.253. The lowest BCUT2D eigenvalue weighted by atomic mass is 9.95. The van der Waals surface area contributed by atoms with E-state index in [1.165, 1.54) is 0 Å². The molecule has 2 aliphatic rings. The van der Waals surface area contributed by atoms with Gasteiger partial charge in [0.05, 0.1) is 18.2 Å². The summed E-state index contributed by atoms with van der Waals surface area (Å²) >= 11 is 0. The van der Waals surface area contributed by atoms with Crippen LogP contribution in [0, 0.1) is 5.82 Å². The number of nitrogens with one attached hydrogen (secondary N) is 2. The molecule has 3 rings (SSSR count). The van der Waals surface area contributed by atoms with Gasteiger partial charge in [-0.2, -0.15) is 0 Å². The normalized spacial score (nSPS) is 28.1. The van der Waals surface area contributed by atoms with Crippen LogP contribution in [0.1, 0.15) is 45.6 Å². The molecule has 2 saturated heterocycles. The molecule has 0 radical (unpaired) electrons. The fourth-order valence-electron chi connectivity index (χ4n) is 3.05. The standard InChI is InChI=1S/C16H24FN3O/c1-16(2,3)19-9-10-6-7-18-15(14(10)17)20-12-8-11-4-5-13(12)21-11/h6-7,11-13,19H,4-5,8-9H2,1-3H3,(H,18,20). The number of hydrogen-bond acceptors (Lipinski definition) is 4. The minimum absolute atomic E-state index is 0.0399. The first-order valence-electron chi connectivity index (χ1n) is 7.73. The molecule has 0 saturated carbocycles. The van der Waals surface area contributed by atoms with Gasteiger partial charge in [-0.3, -0.25) is 0 Å². The Hall–Kier alpha value is -1.20. The molecule has 2 fully saturated rings. The number of nitrogens with zero attached hydrogens (tertiary/aromatic N) is 1. The second kappa shape index (κ2) is 5.54. The molecule has 2 N–H and O–H groups in total. The van der Waals surface area contributed by atoms with Crippen molar-refractivity contribution in [3.8, 4) is 0 Å². The molecule has 3 heterocycles. The van der Waals surface area contributed by atoms with Crippen LogP contribution >= 0.6 is 0 Å². The van der Waals surface area contributed by atoms with E-state index in [9.17, 15) is 4.39 Å². The third-order valence-electron chi connectivity index (χ3n) is 4.21. The van der Waals surface area contributed by atoms with Gasteiger partial charge in [-0.25, -0.2) is 9.37 Å². The van der Waals surface area contributed by atoms with Gasteiger partial charge >= 0.3 is 0 Å². The summed E-state index contributed by atoms with van der Waals surface area (Å²) in [6, 6.07) is 1.92. The van der Waals surface area contributed by atoms with Crippen molar-refractivity contribution in [2.75, 3.05) is 5.32 Å². The Morgan fingerprint density at radius 2 is 2.19 bits per heavy atom.